The molecule has 1 heterocycles. The summed E-state index contributed by atoms with van der Waals surface area (Å²) in [6.45, 7) is 2.69. The van der Waals surface area contributed by atoms with Gasteiger partial charge in [0.2, 0.25) is 0 Å². The Morgan fingerprint density at radius 1 is 1.41 bits per heavy atom. The Labute approximate surface area is 100.0 Å². The number of hydrogen-bond acceptors (Lipinski definition) is 2. The SMILES string of the molecule is CC(F)(F)c1cccc(OC2CCCNC2)c1. The molecule has 1 N–H and O–H groups in total. The minimum absolute atomic E-state index is 0.00114. The highest BCUT2D eigenvalue weighted by atomic mass is 19.3. The van der Waals surface area contributed by atoms with Gasteiger partial charge in [0.05, 0.1) is 0 Å². The highest BCUT2D eigenvalue weighted by Crippen LogP contribution is 2.29. The molecule has 1 aliphatic rings. The van der Waals surface area contributed by atoms with Gasteiger partial charge >= 0.3 is 0 Å². The van der Waals surface area contributed by atoms with E-state index in [9.17, 15) is 8.78 Å². The molecule has 1 fully saturated rings. The van der Waals surface area contributed by atoms with Crippen molar-refractivity contribution in [3.8, 4) is 5.75 Å². The fourth-order valence-electron chi connectivity index (χ4n) is 1.96. The van der Waals surface area contributed by atoms with Crippen LogP contribution in [0.25, 0.3) is 0 Å². The summed E-state index contributed by atoms with van der Waals surface area (Å²) < 4.78 is 32.0. The number of rotatable bonds is 3. The number of piperidine rings is 1. The zero-order chi connectivity index (χ0) is 12.3. The van der Waals surface area contributed by atoms with Crippen LogP contribution in [0.2, 0.25) is 0 Å². The molecule has 1 unspecified atom stereocenters. The third-order valence-electron chi connectivity index (χ3n) is 2.90. The fourth-order valence-corrected chi connectivity index (χ4v) is 1.96. The lowest BCUT2D eigenvalue weighted by Gasteiger charge is -2.24. The van der Waals surface area contributed by atoms with E-state index in [-0.39, 0.29) is 11.7 Å². The van der Waals surface area contributed by atoms with Crippen molar-refractivity contribution in [1.82, 2.24) is 5.32 Å². The topological polar surface area (TPSA) is 21.3 Å². The van der Waals surface area contributed by atoms with Crippen molar-refractivity contribution in [1.29, 1.82) is 0 Å². The molecule has 0 radical (unpaired) electrons. The number of hydrogen-bond donors (Lipinski definition) is 1. The molecule has 2 rings (SSSR count). The van der Waals surface area contributed by atoms with E-state index in [4.69, 9.17) is 4.74 Å². The van der Waals surface area contributed by atoms with Crippen molar-refractivity contribution >= 4 is 0 Å². The average molecular weight is 241 g/mol. The largest absolute Gasteiger partial charge is 0.489 e. The van der Waals surface area contributed by atoms with Gasteiger partial charge in [-0.1, -0.05) is 12.1 Å². The van der Waals surface area contributed by atoms with Gasteiger partial charge in [-0.05, 0) is 31.5 Å². The molecule has 0 bridgehead atoms. The van der Waals surface area contributed by atoms with Crippen LogP contribution in [0.3, 0.4) is 0 Å². The summed E-state index contributed by atoms with van der Waals surface area (Å²) in [6.07, 6.45) is 2.12. The fraction of sp³-hybridized carbons (Fsp3) is 0.538. The van der Waals surface area contributed by atoms with Crippen LogP contribution in [0.5, 0.6) is 5.75 Å². The van der Waals surface area contributed by atoms with E-state index in [1.54, 1.807) is 12.1 Å². The number of benzene rings is 1. The monoisotopic (exact) mass is 241 g/mol. The van der Waals surface area contributed by atoms with Crippen molar-refractivity contribution < 1.29 is 13.5 Å². The van der Waals surface area contributed by atoms with E-state index in [1.165, 1.54) is 12.1 Å². The standard InChI is InChI=1S/C13H17F2NO/c1-13(14,15)10-4-2-5-11(8-10)17-12-6-3-7-16-9-12/h2,4-5,8,12,16H,3,6-7,9H2,1H3. The van der Waals surface area contributed by atoms with Gasteiger partial charge in [0, 0.05) is 19.0 Å². The molecule has 1 aromatic rings. The Bertz CT molecular complexity index is 370. The smallest absolute Gasteiger partial charge is 0.270 e. The van der Waals surface area contributed by atoms with E-state index >= 15 is 0 Å². The van der Waals surface area contributed by atoms with E-state index in [1.807, 2.05) is 0 Å². The van der Waals surface area contributed by atoms with Crippen molar-refractivity contribution in [2.75, 3.05) is 13.1 Å². The van der Waals surface area contributed by atoms with E-state index in [0.29, 0.717) is 5.75 Å². The first-order valence-electron chi connectivity index (χ1n) is 5.91. The van der Waals surface area contributed by atoms with Gasteiger partial charge < -0.3 is 10.1 Å². The highest BCUT2D eigenvalue weighted by molar-refractivity contribution is 5.31. The summed E-state index contributed by atoms with van der Waals surface area (Å²) in [6, 6.07) is 6.18. The predicted octanol–water partition coefficient (Wildman–Crippen LogP) is 2.93. The Morgan fingerprint density at radius 3 is 2.88 bits per heavy atom. The minimum Gasteiger partial charge on any atom is -0.489 e. The molecule has 1 aliphatic heterocycles. The minimum atomic E-state index is -2.82. The molecule has 1 saturated heterocycles. The van der Waals surface area contributed by atoms with Gasteiger partial charge in [0.15, 0.2) is 0 Å². The van der Waals surface area contributed by atoms with E-state index in [2.05, 4.69) is 5.32 Å². The normalized spacial score (nSPS) is 21.2. The second-order valence-corrected chi connectivity index (χ2v) is 4.50. The Hall–Kier alpha value is -1.16. The maximum absolute atomic E-state index is 13.1. The van der Waals surface area contributed by atoms with E-state index in [0.717, 1.165) is 32.9 Å². The van der Waals surface area contributed by atoms with Crippen LogP contribution in [0.1, 0.15) is 25.3 Å². The summed E-state index contributed by atoms with van der Waals surface area (Å²) in [5.74, 6) is -2.29. The van der Waals surface area contributed by atoms with Gasteiger partial charge in [0.1, 0.15) is 11.9 Å². The van der Waals surface area contributed by atoms with Crippen LogP contribution in [-0.2, 0) is 5.92 Å². The lowest BCUT2D eigenvalue weighted by molar-refractivity contribution is 0.0170. The molecule has 0 spiro atoms. The lowest BCUT2D eigenvalue weighted by atomic mass is 10.1. The summed E-state index contributed by atoms with van der Waals surface area (Å²) in [5, 5.41) is 3.23. The Balaban J connectivity index is 2.05. The summed E-state index contributed by atoms with van der Waals surface area (Å²) >= 11 is 0. The number of halogens is 2. The molecule has 1 atom stereocenters. The predicted molar refractivity (Wildman–Crippen MR) is 62.5 cm³/mol. The lowest BCUT2D eigenvalue weighted by Crippen LogP contribution is -2.37. The second-order valence-electron chi connectivity index (χ2n) is 4.50. The molecule has 0 aromatic heterocycles. The van der Waals surface area contributed by atoms with Crippen molar-refractivity contribution in [3.63, 3.8) is 0 Å². The van der Waals surface area contributed by atoms with Crippen molar-refractivity contribution in [3.05, 3.63) is 29.8 Å². The van der Waals surface area contributed by atoms with Crippen LogP contribution in [-0.4, -0.2) is 19.2 Å². The van der Waals surface area contributed by atoms with Gasteiger partial charge in [-0.15, -0.1) is 0 Å². The number of ether oxygens (including phenoxy) is 1. The van der Waals surface area contributed by atoms with Crippen LogP contribution in [0.4, 0.5) is 8.78 Å². The molecular formula is C13H17F2NO. The molecule has 17 heavy (non-hydrogen) atoms. The molecule has 0 amide bonds. The second kappa shape index (κ2) is 5.00. The molecular weight excluding hydrogens is 224 g/mol. The Kier molecular flexibility index (Phi) is 3.62. The molecule has 94 valence electrons. The summed E-state index contributed by atoms with van der Waals surface area (Å²) in [4.78, 5) is 0. The molecule has 2 nitrogen and oxygen atoms in total. The average Bonchev–Trinajstić information content (AvgIpc) is 2.29. The Morgan fingerprint density at radius 2 is 2.24 bits per heavy atom. The van der Waals surface area contributed by atoms with Gasteiger partial charge in [-0.25, -0.2) is 8.78 Å². The maximum Gasteiger partial charge on any atom is 0.270 e. The summed E-state index contributed by atoms with van der Waals surface area (Å²) in [7, 11) is 0. The van der Waals surface area contributed by atoms with Crippen LogP contribution in [0, 0.1) is 0 Å². The first-order valence-corrected chi connectivity index (χ1v) is 5.91. The van der Waals surface area contributed by atoms with Crippen molar-refractivity contribution in [2.45, 2.75) is 31.8 Å². The van der Waals surface area contributed by atoms with Crippen molar-refractivity contribution in [2.24, 2.45) is 0 Å². The number of alkyl halides is 2. The molecule has 4 heteroatoms. The van der Waals surface area contributed by atoms with E-state index < -0.39 is 5.92 Å². The first kappa shape index (κ1) is 12.3. The van der Waals surface area contributed by atoms with Crippen LogP contribution < -0.4 is 10.1 Å². The zero-order valence-electron chi connectivity index (χ0n) is 9.88. The molecule has 0 aliphatic carbocycles. The van der Waals surface area contributed by atoms with Crippen LogP contribution >= 0.6 is 0 Å². The van der Waals surface area contributed by atoms with Crippen LogP contribution in [0.15, 0.2) is 24.3 Å². The van der Waals surface area contributed by atoms with Gasteiger partial charge in [0.25, 0.3) is 5.92 Å². The summed E-state index contributed by atoms with van der Waals surface area (Å²) in [5.41, 5.74) is -0.00114. The quantitative estimate of drug-likeness (QED) is 0.878. The third kappa shape index (κ3) is 3.40. The zero-order valence-corrected chi connectivity index (χ0v) is 9.88. The highest BCUT2D eigenvalue weighted by Gasteiger charge is 2.24. The molecule has 1 aromatic carbocycles. The third-order valence-corrected chi connectivity index (χ3v) is 2.90. The van der Waals surface area contributed by atoms with Gasteiger partial charge in [-0.2, -0.15) is 0 Å². The first-order chi connectivity index (χ1) is 8.05. The van der Waals surface area contributed by atoms with Gasteiger partial charge in [-0.3, -0.25) is 0 Å². The maximum atomic E-state index is 13.1. The number of nitrogens with one attached hydrogen (secondary N) is 1. The molecule has 0 saturated carbocycles.